The van der Waals surface area contributed by atoms with Crippen molar-refractivity contribution in [2.45, 2.75) is 32.7 Å². The number of hydrogen-bond donors (Lipinski definition) is 2. The zero-order chi connectivity index (χ0) is 20.1. The zero-order valence-corrected chi connectivity index (χ0v) is 18.6. The summed E-state index contributed by atoms with van der Waals surface area (Å²) >= 11 is 0. The van der Waals surface area contributed by atoms with Gasteiger partial charge in [-0.3, -0.25) is 4.90 Å². The van der Waals surface area contributed by atoms with E-state index in [9.17, 15) is 5.11 Å². The maximum absolute atomic E-state index is 10.0. The number of rotatable bonds is 7. The van der Waals surface area contributed by atoms with Crippen molar-refractivity contribution in [2.24, 2.45) is 0 Å². The number of methoxy groups -OCH3 is 1. The Morgan fingerprint density at radius 3 is 2.69 bits per heavy atom. The maximum Gasteiger partial charge on any atom is 0.123 e. The van der Waals surface area contributed by atoms with E-state index in [0.29, 0.717) is 18.3 Å². The van der Waals surface area contributed by atoms with Gasteiger partial charge in [-0.15, -0.1) is 12.4 Å². The summed E-state index contributed by atoms with van der Waals surface area (Å²) in [5.74, 6) is 2.42. The number of piperazine rings is 1. The van der Waals surface area contributed by atoms with E-state index < -0.39 is 0 Å². The number of phenolic OH excluding ortho intramolecular Hbond substituents is 1. The van der Waals surface area contributed by atoms with Crippen LogP contribution in [0.15, 0.2) is 36.4 Å². The molecule has 0 radical (unpaired) electrons. The van der Waals surface area contributed by atoms with Crippen LogP contribution in [0, 0.1) is 6.92 Å². The lowest BCUT2D eigenvalue weighted by Crippen LogP contribution is -2.47. The van der Waals surface area contributed by atoms with E-state index in [0.717, 1.165) is 48.8 Å². The van der Waals surface area contributed by atoms with E-state index in [2.05, 4.69) is 36.2 Å². The Morgan fingerprint density at radius 2 is 1.97 bits per heavy atom. The van der Waals surface area contributed by atoms with Gasteiger partial charge in [0, 0.05) is 37.3 Å². The first-order valence-corrected chi connectivity index (χ1v) is 10.0. The smallest absolute Gasteiger partial charge is 0.123 e. The average Bonchev–Trinajstić information content (AvgIpc) is 2.70. The van der Waals surface area contributed by atoms with Crippen molar-refractivity contribution in [1.82, 2.24) is 10.2 Å². The predicted octanol–water partition coefficient (Wildman–Crippen LogP) is 4.28. The molecule has 0 amide bonds. The van der Waals surface area contributed by atoms with Crippen LogP contribution in [0.25, 0.3) is 0 Å². The van der Waals surface area contributed by atoms with Gasteiger partial charge in [-0.2, -0.15) is 0 Å². The lowest BCUT2D eigenvalue weighted by Gasteiger charge is -2.37. The van der Waals surface area contributed by atoms with Crippen molar-refractivity contribution in [3.8, 4) is 17.2 Å². The third-order valence-electron chi connectivity index (χ3n) is 5.44. The van der Waals surface area contributed by atoms with E-state index in [-0.39, 0.29) is 18.4 Å². The Bertz CT molecular complexity index is 798. The Kier molecular flexibility index (Phi) is 8.62. The molecule has 5 nitrogen and oxygen atoms in total. The number of nitrogens with zero attached hydrogens (tertiary/aromatic N) is 1. The van der Waals surface area contributed by atoms with Crippen molar-refractivity contribution in [1.29, 1.82) is 0 Å². The van der Waals surface area contributed by atoms with Gasteiger partial charge >= 0.3 is 0 Å². The summed E-state index contributed by atoms with van der Waals surface area (Å²) in [6.07, 6.45) is 0. The molecule has 1 aliphatic heterocycles. The largest absolute Gasteiger partial charge is 0.508 e. The second-order valence-corrected chi connectivity index (χ2v) is 7.68. The number of nitrogens with one attached hydrogen (secondary N) is 1. The summed E-state index contributed by atoms with van der Waals surface area (Å²) in [5.41, 5.74) is 3.10. The van der Waals surface area contributed by atoms with Crippen LogP contribution in [-0.2, 0) is 0 Å². The summed E-state index contributed by atoms with van der Waals surface area (Å²) in [7, 11) is 1.73. The molecule has 2 aromatic carbocycles. The van der Waals surface area contributed by atoms with Crippen LogP contribution < -0.4 is 14.8 Å². The van der Waals surface area contributed by atoms with Gasteiger partial charge in [0.15, 0.2) is 0 Å². The Labute approximate surface area is 180 Å². The quantitative estimate of drug-likeness (QED) is 0.700. The Hall–Kier alpha value is -1.95. The van der Waals surface area contributed by atoms with Crippen LogP contribution in [0.3, 0.4) is 0 Å². The molecule has 0 aliphatic carbocycles. The lowest BCUT2D eigenvalue weighted by atomic mass is 10.00. The molecule has 0 saturated carbocycles. The van der Waals surface area contributed by atoms with E-state index in [4.69, 9.17) is 9.47 Å². The summed E-state index contributed by atoms with van der Waals surface area (Å²) in [4.78, 5) is 2.46. The predicted molar refractivity (Wildman–Crippen MR) is 120 cm³/mol. The second kappa shape index (κ2) is 10.7. The topological polar surface area (TPSA) is 54.0 Å². The van der Waals surface area contributed by atoms with E-state index >= 15 is 0 Å². The number of ether oxygens (including phenoxy) is 2. The average molecular weight is 421 g/mol. The highest BCUT2D eigenvalue weighted by molar-refractivity contribution is 5.85. The van der Waals surface area contributed by atoms with Crippen LogP contribution >= 0.6 is 12.4 Å². The number of halogens is 1. The summed E-state index contributed by atoms with van der Waals surface area (Å²) in [6.45, 7) is 10.4. The maximum atomic E-state index is 10.0. The molecule has 1 aliphatic rings. The van der Waals surface area contributed by atoms with Gasteiger partial charge in [0.05, 0.1) is 13.2 Å². The minimum absolute atomic E-state index is 0. The zero-order valence-electron chi connectivity index (χ0n) is 17.8. The Morgan fingerprint density at radius 1 is 1.21 bits per heavy atom. The molecular formula is C23H33ClN2O3. The number of aryl methyl sites for hydroxylation is 1. The van der Waals surface area contributed by atoms with E-state index in [1.807, 2.05) is 31.2 Å². The fourth-order valence-corrected chi connectivity index (χ4v) is 3.80. The molecule has 1 saturated heterocycles. The molecule has 0 spiro atoms. The molecule has 6 heteroatoms. The fraction of sp³-hybridized carbons (Fsp3) is 0.478. The van der Waals surface area contributed by atoms with Gasteiger partial charge in [0.25, 0.3) is 0 Å². The molecule has 1 atom stereocenters. The molecule has 2 N–H and O–H groups in total. The third kappa shape index (κ3) is 5.56. The van der Waals surface area contributed by atoms with Gasteiger partial charge in [-0.1, -0.05) is 32.0 Å². The van der Waals surface area contributed by atoms with Crippen LogP contribution in [0.1, 0.15) is 42.5 Å². The van der Waals surface area contributed by atoms with Crippen LogP contribution in [-0.4, -0.2) is 49.9 Å². The van der Waals surface area contributed by atoms with Crippen LogP contribution in [0.5, 0.6) is 17.2 Å². The fourth-order valence-electron chi connectivity index (χ4n) is 3.80. The minimum Gasteiger partial charge on any atom is -0.508 e. The number of aromatic hydroxyl groups is 1. The van der Waals surface area contributed by atoms with Crippen LogP contribution in [0.4, 0.5) is 0 Å². The van der Waals surface area contributed by atoms with Gasteiger partial charge in [0.2, 0.25) is 0 Å². The number of phenols is 1. The summed E-state index contributed by atoms with van der Waals surface area (Å²) in [6, 6.07) is 12.3. The molecule has 160 valence electrons. The van der Waals surface area contributed by atoms with Crippen molar-refractivity contribution < 1.29 is 14.6 Å². The molecule has 2 aromatic rings. The Balaban J connectivity index is 0.00000300. The SMILES string of the molecule is COc1ccccc1C1CNCCN1CCOc1cc(C)c(O)cc1C(C)C.Cl. The van der Waals surface area contributed by atoms with Gasteiger partial charge in [-0.05, 0) is 36.6 Å². The molecule has 3 rings (SSSR count). The lowest BCUT2D eigenvalue weighted by molar-refractivity contribution is 0.131. The standard InChI is InChI=1S/C23H32N2O3.ClH/c1-16(2)19-14-21(26)17(3)13-23(19)28-12-11-25-10-9-24-15-20(25)18-7-5-6-8-22(18)27-4;/h5-8,13-14,16,20,24,26H,9-12,15H2,1-4H3;1H. The van der Waals surface area contributed by atoms with Gasteiger partial charge < -0.3 is 19.9 Å². The highest BCUT2D eigenvalue weighted by atomic mass is 35.5. The third-order valence-corrected chi connectivity index (χ3v) is 5.44. The number of hydrogen-bond acceptors (Lipinski definition) is 5. The van der Waals surface area contributed by atoms with Crippen molar-refractivity contribution in [3.63, 3.8) is 0 Å². The minimum atomic E-state index is 0. The molecular weight excluding hydrogens is 388 g/mol. The normalized spacial score (nSPS) is 17.1. The molecule has 29 heavy (non-hydrogen) atoms. The van der Waals surface area contributed by atoms with Gasteiger partial charge in [0.1, 0.15) is 23.9 Å². The van der Waals surface area contributed by atoms with Crippen LogP contribution in [0.2, 0.25) is 0 Å². The molecule has 1 heterocycles. The highest BCUT2D eigenvalue weighted by Gasteiger charge is 2.26. The number of para-hydroxylation sites is 1. The van der Waals surface area contributed by atoms with Crippen molar-refractivity contribution in [2.75, 3.05) is 39.9 Å². The second-order valence-electron chi connectivity index (χ2n) is 7.68. The monoisotopic (exact) mass is 420 g/mol. The van der Waals surface area contributed by atoms with Gasteiger partial charge in [-0.25, -0.2) is 0 Å². The highest BCUT2D eigenvalue weighted by Crippen LogP contribution is 2.33. The molecule has 0 bridgehead atoms. The first-order chi connectivity index (χ1) is 13.5. The number of benzene rings is 2. The molecule has 1 fully saturated rings. The van der Waals surface area contributed by atoms with E-state index in [1.165, 1.54) is 5.56 Å². The summed E-state index contributed by atoms with van der Waals surface area (Å²) < 4.78 is 11.8. The molecule has 1 unspecified atom stereocenters. The van der Waals surface area contributed by atoms with Crippen molar-refractivity contribution >= 4 is 12.4 Å². The van der Waals surface area contributed by atoms with Crippen molar-refractivity contribution in [3.05, 3.63) is 53.1 Å². The van der Waals surface area contributed by atoms with E-state index in [1.54, 1.807) is 7.11 Å². The molecule has 0 aromatic heterocycles. The summed E-state index contributed by atoms with van der Waals surface area (Å²) in [5, 5.41) is 13.5. The first kappa shape index (κ1) is 23.3. The first-order valence-electron chi connectivity index (χ1n) is 10.0.